The van der Waals surface area contributed by atoms with Gasteiger partial charge in [0.05, 0.1) is 11.3 Å². The van der Waals surface area contributed by atoms with Crippen molar-refractivity contribution >= 4 is 11.6 Å². The topological polar surface area (TPSA) is 53.4 Å². The maximum absolute atomic E-state index is 12.6. The molecule has 0 aliphatic rings. The van der Waals surface area contributed by atoms with E-state index in [1.807, 2.05) is 0 Å². The second kappa shape index (κ2) is 4.36. The summed E-state index contributed by atoms with van der Waals surface area (Å²) in [6.07, 6.45) is -1.51. The molecule has 0 bridgehead atoms. The third-order valence-electron chi connectivity index (χ3n) is 1.95. The largest absolute Gasteiger partial charge is 0.418 e. The van der Waals surface area contributed by atoms with Crippen molar-refractivity contribution in [1.29, 1.82) is 0 Å². The molecule has 0 saturated heterocycles. The van der Waals surface area contributed by atoms with Crippen LogP contribution in [0.1, 0.15) is 5.56 Å². The highest BCUT2D eigenvalue weighted by Gasteiger charge is 2.33. The Balaban J connectivity index is 2.33. The Morgan fingerprint density at radius 1 is 1.12 bits per heavy atom. The highest BCUT2D eigenvalue weighted by molar-refractivity contribution is 5.47. The molecule has 4 nitrogen and oxygen atoms in total. The summed E-state index contributed by atoms with van der Waals surface area (Å²) >= 11 is 0. The fraction of sp³-hybridized carbons (Fsp3) is 0.100. The van der Waals surface area contributed by atoms with Crippen molar-refractivity contribution in [2.24, 2.45) is 10.2 Å². The predicted molar refractivity (Wildman–Crippen MR) is 54.2 cm³/mol. The lowest BCUT2D eigenvalue weighted by Crippen LogP contribution is -2.04. The van der Waals surface area contributed by atoms with Crippen LogP contribution < -0.4 is 0 Å². The molecule has 0 amide bonds. The Bertz CT molecular complexity index is 517. The van der Waals surface area contributed by atoms with E-state index in [-0.39, 0.29) is 11.6 Å². The van der Waals surface area contributed by atoms with E-state index in [9.17, 15) is 13.2 Å². The maximum Gasteiger partial charge on any atom is 0.418 e. The first-order valence-electron chi connectivity index (χ1n) is 4.65. The zero-order valence-electron chi connectivity index (χ0n) is 8.44. The number of hydrogen-bond acceptors (Lipinski definition) is 3. The molecule has 17 heavy (non-hydrogen) atoms. The minimum atomic E-state index is -4.45. The maximum atomic E-state index is 12.6. The fourth-order valence-electron chi connectivity index (χ4n) is 1.21. The number of H-pyrrole nitrogens is 1. The second-order valence-electron chi connectivity index (χ2n) is 3.13. The van der Waals surface area contributed by atoms with Crippen molar-refractivity contribution in [3.05, 3.63) is 42.2 Å². The first kappa shape index (κ1) is 11.3. The Morgan fingerprint density at radius 2 is 1.88 bits per heavy atom. The van der Waals surface area contributed by atoms with Crippen LogP contribution in [0.5, 0.6) is 0 Å². The van der Waals surface area contributed by atoms with Crippen LogP contribution in [0.25, 0.3) is 0 Å². The summed E-state index contributed by atoms with van der Waals surface area (Å²) in [6.45, 7) is 0. The summed E-state index contributed by atoms with van der Waals surface area (Å²) in [4.78, 5) is 6.34. The van der Waals surface area contributed by atoms with Gasteiger partial charge in [-0.2, -0.15) is 13.2 Å². The Hall–Kier alpha value is -2.18. The Morgan fingerprint density at radius 3 is 2.53 bits per heavy atom. The lowest BCUT2D eigenvalue weighted by Gasteiger charge is -2.07. The van der Waals surface area contributed by atoms with E-state index in [1.54, 1.807) is 0 Å². The summed E-state index contributed by atoms with van der Waals surface area (Å²) in [5, 5.41) is 7.10. The van der Waals surface area contributed by atoms with E-state index >= 15 is 0 Å². The fourth-order valence-corrected chi connectivity index (χ4v) is 1.21. The van der Waals surface area contributed by atoms with Crippen LogP contribution in [0.3, 0.4) is 0 Å². The number of alkyl halides is 3. The Kier molecular flexibility index (Phi) is 2.90. The minimum Gasteiger partial charge on any atom is -0.328 e. The highest BCUT2D eigenvalue weighted by atomic mass is 19.4. The predicted octanol–water partition coefficient (Wildman–Crippen LogP) is 3.84. The van der Waals surface area contributed by atoms with Gasteiger partial charge in [0, 0.05) is 12.4 Å². The van der Waals surface area contributed by atoms with Gasteiger partial charge in [-0.05, 0) is 12.1 Å². The van der Waals surface area contributed by atoms with E-state index in [1.165, 1.54) is 30.6 Å². The molecule has 1 aromatic carbocycles. The van der Waals surface area contributed by atoms with Crippen LogP contribution >= 0.6 is 0 Å². The van der Waals surface area contributed by atoms with Gasteiger partial charge < -0.3 is 4.98 Å². The van der Waals surface area contributed by atoms with E-state index in [0.717, 1.165) is 6.07 Å². The first-order valence-corrected chi connectivity index (χ1v) is 4.65. The highest BCUT2D eigenvalue weighted by Crippen LogP contribution is 2.36. The van der Waals surface area contributed by atoms with Crippen LogP contribution in [0.15, 0.2) is 46.9 Å². The lowest BCUT2D eigenvalue weighted by molar-refractivity contribution is -0.137. The molecule has 2 rings (SSSR count). The van der Waals surface area contributed by atoms with Gasteiger partial charge in [0.15, 0.2) is 0 Å². The average Bonchev–Trinajstić information content (AvgIpc) is 2.78. The summed E-state index contributed by atoms with van der Waals surface area (Å²) in [5.41, 5.74) is -1.06. The van der Waals surface area contributed by atoms with Gasteiger partial charge in [0.1, 0.15) is 0 Å². The zero-order valence-corrected chi connectivity index (χ0v) is 8.44. The van der Waals surface area contributed by atoms with Crippen molar-refractivity contribution in [2.45, 2.75) is 6.18 Å². The Labute approximate surface area is 94.2 Å². The number of hydrogen-bond donors (Lipinski definition) is 1. The van der Waals surface area contributed by atoms with Crippen molar-refractivity contribution in [2.75, 3.05) is 0 Å². The summed E-state index contributed by atoms with van der Waals surface area (Å²) in [7, 11) is 0. The zero-order chi connectivity index (χ0) is 12.3. The number of aromatic nitrogens is 2. The van der Waals surface area contributed by atoms with Gasteiger partial charge in [-0.3, -0.25) is 0 Å². The molecule has 1 heterocycles. The van der Waals surface area contributed by atoms with Crippen molar-refractivity contribution in [1.82, 2.24) is 9.97 Å². The molecular formula is C10H7F3N4. The molecule has 0 atom stereocenters. The number of nitrogens with zero attached hydrogens (tertiary/aromatic N) is 3. The molecule has 0 spiro atoms. The molecule has 0 fully saturated rings. The normalized spacial score (nSPS) is 12.2. The quantitative estimate of drug-likeness (QED) is 0.796. The molecule has 0 saturated carbocycles. The average molecular weight is 240 g/mol. The second-order valence-corrected chi connectivity index (χ2v) is 3.13. The number of halogens is 3. The van der Waals surface area contributed by atoms with Crippen LogP contribution in [0, 0.1) is 0 Å². The van der Waals surface area contributed by atoms with Crippen LogP contribution in [0.4, 0.5) is 24.8 Å². The standard InChI is InChI=1S/C10H7F3N4/c11-10(12,13)7-3-1-2-4-8(7)16-17-9-14-5-6-15-9/h1-6H,(H,14,15). The number of azo groups is 1. The molecule has 1 N–H and O–H groups in total. The van der Waals surface area contributed by atoms with E-state index in [2.05, 4.69) is 20.2 Å². The van der Waals surface area contributed by atoms with Gasteiger partial charge in [-0.1, -0.05) is 12.1 Å². The van der Waals surface area contributed by atoms with Gasteiger partial charge in [0.25, 0.3) is 0 Å². The first-order chi connectivity index (χ1) is 8.07. The smallest absolute Gasteiger partial charge is 0.328 e. The third-order valence-corrected chi connectivity index (χ3v) is 1.95. The van der Waals surface area contributed by atoms with Crippen LogP contribution in [-0.4, -0.2) is 9.97 Å². The lowest BCUT2D eigenvalue weighted by atomic mass is 10.2. The molecule has 0 aliphatic carbocycles. The molecule has 2 aromatic rings. The number of rotatable bonds is 2. The van der Waals surface area contributed by atoms with E-state index < -0.39 is 11.7 Å². The number of nitrogens with one attached hydrogen (secondary N) is 1. The van der Waals surface area contributed by atoms with Crippen LogP contribution in [-0.2, 0) is 6.18 Å². The van der Waals surface area contributed by atoms with Gasteiger partial charge in [0.2, 0.25) is 5.95 Å². The van der Waals surface area contributed by atoms with Gasteiger partial charge in [-0.15, -0.1) is 10.2 Å². The van der Waals surface area contributed by atoms with Crippen molar-refractivity contribution in [3.8, 4) is 0 Å². The molecule has 88 valence electrons. The summed E-state index contributed by atoms with van der Waals surface area (Å²) in [6, 6.07) is 4.96. The number of benzene rings is 1. The van der Waals surface area contributed by atoms with Crippen LogP contribution in [0.2, 0.25) is 0 Å². The van der Waals surface area contributed by atoms with Crippen molar-refractivity contribution < 1.29 is 13.2 Å². The molecule has 0 aliphatic heterocycles. The third kappa shape index (κ3) is 2.68. The number of imidazole rings is 1. The summed E-state index contributed by atoms with van der Waals surface area (Å²) < 4.78 is 37.8. The molecule has 0 radical (unpaired) electrons. The van der Waals surface area contributed by atoms with Crippen molar-refractivity contribution in [3.63, 3.8) is 0 Å². The SMILES string of the molecule is FC(F)(F)c1ccccc1N=Nc1ncc[nH]1. The molecule has 1 aromatic heterocycles. The number of aromatic amines is 1. The summed E-state index contributed by atoms with van der Waals surface area (Å²) in [5.74, 6) is 0.155. The van der Waals surface area contributed by atoms with E-state index in [0.29, 0.717) is 0 Å². The molecule has 0 unspecified atom stereocenters. The van der Waals surface area contributed by atoms with Gasteiger partial charge >= 0.3 is 6.18 Å². The van der Waals surface area contributed by atoms with E-state index in [4.69, 9.17) is 0 Å². The molecular weight excluding hydrogens is 233 g/mol. The minimum absolute atomic E-state index is 0.155. The van der Waals surface area contributed by atoms with Gasteiger partial charge in [-0.25, -0.2) is 4.98 Å². The molecule has 7 heteroatoms. The monoisotopic (exact) mass is 240 g/mol.